The van der Waals surface area contributed by atoms with Crippen LogP contribution in [0.25, 0.3) is 0 Å². The molecule has 0 aliphatic rings. The van der Waals surface area contributed by atoms with Crippen molar-refractivity contribution in [2.75, 3.05) is 18.0 Å². The van der Waals surface area contributed by atoms with Gasteiger partial charge in [-0.2, -0.15) is 0 Å². The Morgan fingerprint density at radius 1 is 0.896 bits per heavy atom. The smallest absolute Gasteiger partial charge is 0.264 e. The molecule has 0 spiro atoms. The lowest BCUT2D eigenvalue weighted by molar-refractivity contribution is -0.140. The van der Waals surface area contributed by atoms with E-state index < -0.39 is 28.5 Å². The van der Waals surface area contributed by atoms with Crippen LogP contribution in [0, 0.1) is 13.8 Å². The molecule has 0 heterocycles. The Hall–Kier alpha value is -4.05. The largest absolute Gasteiger partial charge is 0.495 e. The van der Waals surface area contributed by atoms with Gasteiger partial charge in [0.05, 0.1) is 17.7 Å². The summed E-state index contributed by atoms with van der Waals surface area (Å²) in [5.74, 6) is -0.708. The fraction of sp³-hybridized carbons (Fsp3) is 0.297. The molecule has 2 atom stereocenters. The highest BCUT2D eigenvalue weighted by Crippen LogP contribution is 2.34. The summed E-state index contributed by atoms with van der Waals surface area (Å²) in [5.41, 5.74) is 3.21. The lowest BCUT2D eigenvalue weighted by atomic mass is 10.0. The molecule has 1 N–H and O–H groups in total. The van der Waals surface area contributed by atoms with Gasteiger partial charge >= 0.3 is 0 Å². The van der Waals surface area contributed by atoms with Crippen molar-refractivity contribution in [3.8, 4) is 5.75 Å². The van der Waals surface area contributed by atoms with Gasteiger partial charge in [-0.3, -0.25) is 13.9 Å². The molecule has 4 rings (SSSR count). The second-order valence-corrected chi connectivity index (χ2v) is 14.5. The zero-order valence-electron chi connectivity index (χ0n) is 27.7. The molecule has 0 fully saturated rings. The summed E-state index contributed by atoms with van der Waals surface area (Å²) in [5, 5.41) is 3.75. The summed E-state index contributed by atoms with van der Waals surface area (Å²) in [7, 11) is -2.86. The molecule has 4 aromatic rings. The summed E-state index contributed by atoms with van der Waals surface area (Å²) in [6.07, 6.45) is 0.856. The summed E-state index contributed by atoms with van der Waals surface area (Å²) in [4.78, 5) is 30.2. The zero-order chi connectivity index (χ0) is 35.0. The molecule has 0 saturated carbocycles. The van der Waals surface area contributed by atoms with E-state index in [-0.39, 0.29) is 41.2 Å². The maximum absolute atomic E-state index is 14.7. The van der Waals surface area contributed by atoms with Crippen LogP contribution in [0.1, 0.15) is 42.5 Å². The summed E-state index contributed by atoms with van der Waals surface area (Å²) < 4.78 is 35.4. The predicted octanol–water partition coefficient (Wildman–Crippen LogP) is 7.37. The van der Waals surface area contributed by atoms with Gasteiger partial charge in [-0.25, -0.2) is 8.42 Å². The number of aryl methyl sites for hydroxylation is 2. The van der Waals surface area contributed by atoms with Crippen LogP contribution in [0.4, 0.5) is 5.69 Å². The Morgan fingerprint density at radius 3 is 2.19 bits per heavy atom. The van der Waals surface area contributed by atoms with Crippen molar-refractivity contribution >= 4 is 50.7 Å². The molecule has 48 heavy (non-hydrogen) atoms. The number of halogens is 2. The fourth-order valence-electron chi connectivity index (χ4n) is 5.17. The van der Waals surface area contributed by atoms with E-state index in [2.05, 4.69) is 5.32 Å². The number of rotatable bonds is 14. The second-order valence-electron chi connectivity index (χ2n) is 11.8. The highest BCUT2D eigenvalue weighted by atomic mass is 35.5. The van der Waals surface area contributed by atoms with Crippen molar-refractivity contribution < 1.29 is 22.7 Å². The standard InChI is InChI=1S/C37H41Cl2N3O5S/c1-6-27(4)40-37(44)34(21-28-10-8-7-9-11-28)41(23-29-15-16-30(38)22-32(29)39)36(43)24-42(33-20-26(3)14-19-35(33)47-5)48(45,46)31-17-12-25(2)13-18-31/h7-20,22,27,34H,6,21,23-24H2,1-5H3,(H,40,44)/t27-,34-/m0/s1. The average molecular weight is 711 g/mol. The molecular weight excluding hydrogens is 669 g/mol. The fourth-order valence-corrected chi connectivity index (χ4v) is 7.06. The van der Waals surface area contributed by atoms with Crippen LogP contribution in [-0.2, 0) is 32.6 Å². The second kappa shape index (κ2) is 16.4. The van der Waals surface area contributed by atoms with Crippen LogP contribution in [0.5, 0.6) is 5.75 Å². The first kappa shape index (κ1) is 36.8. The van der Waals surface area contributed by atoms with Gasteiger partial charge in [0, 0.05) is 29.1 Å². The number of methoxy groups -OCH3 is 1. The number of hydrogen-bond acceptors (Lipinski definition) is 5. The molecule has 2 amide bonds. The molecule has 0 aliphatic heterocycles. The van der Waals surface area contributed by atoms with Crippen molar-refractivity contribution in [3.63, 3.8) is 0 Å². The summed E-state index contributed by atoms with van der Waals surface area (Å²) in [6.45, 7) is 6.83. The molecule has 0 bridgehead atoms. The molecule has 4 aromatic carbocycles. The van der Waals surface area contributed by atoms with E-state index in [1.807, 2.05) is 58.0 Å². The number of sulfonamides is 1. The number of carbonyl (C=O) groups is 2. The van der Waals surface area contributed by atoms with E-state index in [1.54, 1.807) is 48.5 Å². The molecule has 0 unspecified atom stereocenters. The minimum atomic E-state index is -4.30. The first-order valence-corrected chi connectivity index (χ1v) is 17.8. The molecule has 0 aromatic heterocycles. The molecule has 0 saturated heterocycles. The van der Waals surface area contributed by atoms with Crippen LogP contribution < -0.4 is 14.4 Å². The van der Waals surface area contributed by atoms with Crippen molar-refractivity contribution in [3.05, 3.63) is 123 Å². The Morgan fingerprint density at radius 2 is 1.56 bits per heavy atom. The summed E-state index contributed by atoms with van der Waals surface area (Å²) in [6, 6.07) is 24.6. The lowest BCUT2D eigenvalue weighted by Crippen LogP contribution is -2.54. The monoisotopic (exact) mass is 709 g/mol. The lowest BCUT2D eigenvalue weighted by Gasteiger charge is -2.34. The highest BCUT2D eigenvalue weighted by Gasteiger charge is 2.36. The minimum Gasteiger partial charge on any atom is -0.495 e. The van der Waals surface area contributed by atoms with Gasteiger partial charge in [-0.05, 0) is 80.3 Å². The highest BCUT2D eigenvalue weighted by molar-refractivity contribution is 7.92. The van der Waals surface area contributed by atoms with E-state index in [1.165, 1.54) is 24.1 Å². The van der Waals surface area contributed by atoms with Crippen molar-refractivity contribution in [2.45, 2.75) is 64.1 Å². The maximum Gasteiger partial charge on any atom is 0.264 e. The Kier molecular flexibility index (Phi) is 12.5. The van der Waals surface area contributed by atoms with Crippen LogP contribution in [-0.4, -0.2) is 50.9 Å². The van der Waals surface area contributed by atoms with Gasteiger partial charge in [0.25, 0.3) is 10.0 Å². The average Bonchev–Trinajstić information content (AvgIpc) is 3.06. The van der Waals surface area contributed by atoms with E-state index in [0.29, 0.717) is 22.0 Å². The SMILES string of the molecule is CC[C@H](C)NC(=O)[C@H](Cc1ccccc1)N(Cc1ccc(Cl)cc1Cl)C(=O)CN(c1cc(C)ccc1OC)S(=O)(=O)c1ccc(C)cc1. The Labute approximate surface area is 293 Å². The van der Waals surface area contributed by atoms with Crippen LogP contribution in [0.15, 0.2) is 95.9 Å². The van der Waals surface area contributed by atoms with Gasteiger partial charge < -0.3 is 15.0 Å². The number of nitrogens with one attached hydrogen (secondary N) is 1. The predicted molar refractivity (Wildman–Crippen MR) is 192 cm³/mol. The number of benzene rings is 4. The van der Waals surface area contributed by atoms with Gasteiger partial charge in [0.2, 0.25) is 11.8 Å². The first-order chi connectivity index (χ1) is 22.8. The van der Waals surface area contributed by atoms with Gasteiger partial charge in [-0.15, -0.1) is 0 Å². The van der Waals surface area contributed by atoms with E-state index in [9.17, 15) is 18.0 Å². The van der Waals surface area contributed by atoms with Gasteiger partial charge in [0.1, 0.15) is 18.3 Å². The third kappa shape index (κ3) is 9.09. The molecular formula is C37H41Cl2N3O5S. The van der Waals surface area contributed by atoms with Crippen LogP contribution in [0.2, 0.25) is 10.0 Å². The van der Waals surface area contributed by atoms with Crippen molar-refractivity contribution in [2.24, 2.45) is 0 Å². The first-order valence-electron chi connectivity index (χ1n) is 15.7. The number of anilines is 1. The van der Waals surface area contributed by atoms with E-state index >= 15 is 0 Å². The summed E-state index contributed by atoms with van der Waals surface area (Å²) >= 11 is 12.8. The zero-order valence-corrected chi connectivity index (χ0v) is 30.1. The number of ether oxygens (including phenoxy) is 1. The van der Waals surface area contributed by atoms with Crippen LogP contribution >= 0.6 is 23.2 Å². The van der Waals surface area contributed by atoms with Crippen molar-refractivity contribution in [1.82, 2.24) is 10.2 Å². The third-order valence-corrected chi connectivity index (χ3v) is 10.5. The van der Waals surface area contributed by atoms with E-state index in [4.69, 9.17) is 27.9 Å². The normalized spacial score (nSPS) is 12.6. The Bertz CT molecular complexity index is 1840. The van der Waals surface area contributed by atoms with Gasteiger partial charge in [0.15, 0.2) is 0 Å². The number of nitrogens with zero attached hydrogens (tertiary/aromatic N) is 2. The number of amides is 2. The molecule has 0 aliphatic carbocycles. The maximum atomic E-state index is 14.7. The molecule has 8 nitrogen and oxygen atoms in total. The number of carbonyl (C=O) groups excluding carboxylic acids is 2. The molecule has 11 heteroatoms. The van der Waals surface area contributed by atoms with Crippen molar-refractivity contribution in [1.29, 1.82) is 0 Å². The van der Waals surface area contributed by atoms with E-state index in [0.717, 1.165) is 21.0 Å². The quantitative estimate of drug-likeness (QED) is 0.148. The Balaban J connectivity index is 1.88. The third-order valence-electron chi connectivity index (χ3n) is 8.12. The number of hydrogen-bond donors (Lipinski definition) is 1. The molecule has 254 valence electrons. The minimum absolute atomic E-state index is 0.00658. The molecule has 0 radical (unpaired) electrons. The van der Waals surface area contributed by atoms with Crippen LogP contribution in [0.3, 0.4) is 0 Å². The van der Waals surface area contributed by atoms with Gasteiger partial charge in [-0.1, -0.05) is 90.3 Å². The topological polar surface area (TPSA) is 96.0 Å².